The molecule has 1 aromatic rings. The van der Waals surface area contributed by atoms with E-state index in [1.807, 2.05) is 6.92 Å². The fourth-order valence-electron chi connectivity index (χ4n) is 1.73. The van der Waals surface area contributed by atoms with Gasteiger partial charge in [-0.25, -0.2) is 0 Å². The molecule has 0 fully saturated rings. The van der Waals surface area contributed by atoms with Crippen LogP contribution in [-0.4, -0.2) is 24.3 Å². The molecular weight excluding hydrogens is 243 g/mol. The number of aliphatic hydroxyl groups excluding tert-OH is 1. The molecule has 0 saturated carbocycles. The Morgan fingerprint density at radius 3 is 2.67 bits per heavy atom. The van der Waals surface area contributed by atoms with E-state index in [4.69, 9.17) is 5.11 Å². The summed E-state index contributed by atoms with van der Waals surface area (Å²) >= 11 is 0. The Kier molecular flexibility index (Phi) is 5.62. The van der Waals surface area contributed by atoms with Crippen molar-refractivity contribution in [2.24, 2.45) is 0 Å². The molecule has 0 spiro atoms. The molecule has 1 aromatic carbocycles. The third kappa shape index (κ3) is 5.06. The van der Waals surface area contributed by atoms with E-state index in [2.05, 4.69) is 5.32 Å². The van der Waals surface area contributed by atoms with Crippen LogP contribution in [-0.2, 0) is 12.6 Å². The molecule has 5 heteroatoms. The van der Waals surface area contributed by atoms with Gasteiger partial charge in [-0.3, -0.25) is 0 Å². The molecule has 0 radical (unpaired) electrons. The zero-order chi connectivity index (χ0) is 13.6. The lowest BCUT2D eigenvalue weighted by Gasteiger charge is -2.14. The predicted molar refractivity (Wildman–Crippen MR) is 64.3 cm³/mol. The van der Waals surface area contributed by atoms with Gasteiger partial charge in [0.25, 0.3) is 0 Å². The topological polar surface area (TPSA) is 32.3 Å². The summed E-state index contributed by atoms with van der Waals surface area (Å²) in [5.41, 5.74) is 0.0522. The minimum Gasteiger partial charge on any atom is -0.396 e. The van der Waals surface area contributed by atoms with Crippen molar-refractivity contribution in [3.8, 4) is 0 Å². The summed E-state index contributed by atoms with van der Waals surface area (Å²) in [6.45, 7) is 2.69. The van der Waals surface area contributed by atoms with Gasteiger partial charge < -0.3 is 10.4 Å². The van der Waals surface area contributed by atoms with Crippen LogP contribution in [0.25, 0.3) is 0 Å². The zero-order valence-corrected chi connectivity index (χ0v) is 10.3. The van der Waals surface area contributed by atoms with Gasteiger partial charge in [-0.05, 0) is 37.9 Å². The van der Waals surface area contributed by atoms with Crippen molar-refractivity contribution in [3.63, 3.8) is 0 Å². The molecule has 0 amide bonds. The first-order chi connectivity index (χ1) is 8.43. The highest BCUT2D eigenvalue weighted by Gasteiger charge is 2.30. The fraction of sp³-hybridized carbons (Fsp3) is 0.538. The van der Waals surface area contributed by atoms with Crippen molar-refractivity contribution in [1.29, 1.82) is 0 Å². The third-order valence-corrected chi connectivity index (χ3v) is 2.62. The Labute approximate surface area is 105 Å². The molecule has 2 nitrogen and oxygen atoms in total. The maximum absolute atomic E-state index is 12.5. The second-order valence-electron chi connectivity index (χ2n) is 4.33. The lowest BCUT2D eigenvalue weighted by molar-refractivity contribution is -0.137. The van der Waals surface area contributed by atoms with Crippen LogP contribution in [0, 0.1) is 0 Å². The highest BCUT2D eigenvalue weighted by atomic mass is 19.4. The molecule has 1 rings (SSSR count). The second-order valence-corrected chi connectivity index (χ2v) is 4.33. The Hall–Kier alpha value is -1.07. The van der Waals surface area contributed by atoms with Gasteiger partial charge in [-0.2, -0.15) is 13.2 Å². The van der Waals surface area contributed by atoms with Gasteiger partial charge in [0.2, 0.25) is 0 Å². The Bertz CT molecular complexity index is 365. The summed E-state index contributed by atoms with van der Waals surface area (Å²) in [5, 5.41) is 11.8. The van der Waals surface area contributed by atoms with E-state index in [-0.39, 0.29) is 12.6 Å². The minimum absolute atomic E-state index is 0.0834. The van der Waals surface area contributed by atoms with Crippen LogP contribution in [0.4, 0.5) is 13.2 Å². The first kappa shape index (κ1) is 15.0. The molecule has 102 valence electrons. The quantitative estimate of drug-likeness (QED) is 0.771. The summed E-state index contributed by atoms with van der Waals surface area (Å²) in [4.78, 5) is 0. The standard InChI is InChI=1S/C13H18F3NO/c1-10(17-6-3-7-18)8-11-4-2-5-12(9-11)13(14,15)16/h2,4-5,9-10,17-18H,3,6-8H2,1H3. The normalized spacial score (nSPS) is 13.6. The van der Waals surface area contributed by atoms with E-state index in [9.17, 15) is 13.2 Å². The molecule has 0 aromatic heterocycles. The lowest BCUT2D eigenvalue weighted by atomic mass is 10.0. The number of hydrogen-bond acceptors (Lipinski definition) is 2. The number of halogens is 3. The molecule has 2 N–H and O–H groups in total. The van der Waals surface area contributed by atoms with E-state index >= 15 is 0 Å². The SMILES string of the molecule is CC(Cc1cccc(C(F)(F)F)c1)NCCCO. The van der Waals surface area contributed by atoms with E-state index in [1.165, 1.54) is 12.1 Å². The van der Waals surface area contributed by atoms with Crippen LogP contribution in [0.5, 0.6) is 0 Å². The summed E-state index contributed by atoms with van der Waals surface area (Å²) < 4.78 is 37.5. The van der Waals surface area contributed by atoms with Crippen LogP contribution >= 0.6 is 0 Å². The van der Waals surface area contributed by atoms with E-state index in [0.717, 1.165) is 6.07 Å². The Morgan fingerprint density at radius 2 is 2.06 bits per heavy atom. The van der Waals surface area contributed by atoms with Gasteiger partial charge in [-0.15, -0.1) is 0 Å². The van der Waals surface area contributed by atoms with Gasteiger partial charge in [0.1, 0.15) is 0 Å². The van der Waals surface area contributed by atoms with Crippen LogP contribution in [0.15, 0.2) is 24.3 Å². The number of nitrogens with one attached hydrogen (secondary N) is 1. The third-order valence-electron chi connectivity index (χ3n) is 2.62. The van der Waals surface area contributed by atoms with Crippen molar-refractivity contribution in [1.82, 2.24) is 5.32 Å². The first-order valence-corrected chi connectivity index (χ1v) is 5.94. The number of aliphatic hydroxyl groups is 1. The number of benzene rings is 1. The molecule has 1 unspecified atom stereocenters. The molecule has 0 bridgehead atoms. The number of hydrogen-bond donors (Lipinski definition) is 2. The maximum Gasteiger partial charge on any atom is 0.416 e. The highest BCUT2D eigenvalue weighted by molar-refractivity contribution is 5.26. The van der Waals surface area contributed by atoms with E-state index in [0.29, 0.717) is 24.9 Å². The second kappa shape index (κ2) is 6.75. The molecular formula is C13H18F3NO. The van der Waals surface area contributed by atoms with Gasteiger partial charge in [0.05, 0.1) is 5.56 Å². The molecule has 0 aliphatic heterocycles. The zero-order valence-electron chi connectivity index (χ0n) is 10.3. The summed E-state index contributed by atoms with van der Waals surface area (Å²) in [5.74, 6) is 0. The largest absolute Gasteiger partial charge is 0.416 e. The minimum atomic E-state index is -4.29. The lowest BCUT2D eigenvalue weighted by Crippen LogP contribution is -2.29. The van der Waals surface area contributed by atoms with Gasteiger partial charge in [0.15, 0.2) is 0 Å². The smallest absolute Gasteiger partial charge is 0.396 e. The van der Waals surface area contributed by atoms with Gasteiger partial charge >= 0.3 is 6.18 Å². The van der Waals surface area contributed by atoms with Gasteiger partial charge in [0, 0.05) is 12.6 Å². The number of rotatable bonds is 6. The molecule has 0 saturated heterocycles. The average Bonchev–Trinajstić information content (AvgIpc) is 2.28. The first-order valence-electron chi connectivity index (χ1n) is 5.94. The summed E-state index contributed by atoms with van der Waals surface area (Å²) in [6.07, 6.45) is -3.11. The van der Waals surface area contributed by atoms with Crippen LogP contribution in [0.1, 0.15) is 24.5 Å². The molecule has 1 atom stereocenters. The highest BCUT2D eigenvalue weighted by Crippen LogP contribution is 2.29. The van der Waals surface area contributed by atoms with Crippen LogP contribution in [0.2, 0.25) is 0 Å². The van der Waals surface area contributed by atoms with Crippen molar-refractivity contribution in [2.75, 3.05) is 13.2 Å². The summed E-state index contributed by atoms with van der Waals surface area (Å²) in [7, 11) is 0. The van der Waals surface area contributed by atoms with Crippen LogP contribution in [0.3, 0.4) is 0 Å². The van der Waals surface area contributed by atoms with Crippen molar-refractivity contribution in [3.05, 3.63) is 35.4 Å². The van der Waals surface area contributed by atoms with E-state index in [1.54, 1.807) is 6.07 Å². The molecule has 0 aliphatic carbocycles. The Balaban J connectivity index is 2.57. The number of alkyl halides is 3. The fourth-order valence-corrected chi connectivity index (χ4v) is 1.73. The monoisotopic (exact) mass is 261 g/mol. The van der Waals surface area contributed by atoms with Crippen molar-refractivity contribution >= 4 is 0 Å². The van der Waals surface area contributed by atoms with Gasteiger partial charge in [-0.1, -0.05) is 18.2 Å². The molecule has 0 aliphatic rings. The van der Waals surface area contributed by atoms with Crippen molar-refractivity contribution < 1.29 is 18.3 Å². The van der Waals surface area contributed by atoms with E-state index < -0.39 is 11.7 Å². The Morgan fingerprint density at radius 1 is 1.33 bits per heavy atom. The van der Waals surface area contributed by atoms with Crippen LogP contribution < -0.4 is 5.32 Å². The van der Waals surface area contributed by atoms with Crippen molar-refractivity contribution in [2.45, 2.75) is 32.0 Å². The molecule has 18 heavy (non-hydrogen) atoms. The predicted octanol–water partition coefficient (Wildman–Crippen LogP) is 2.61. The summed E-state index contributed by atoms with van der Waals surface area (Å²) in [6, 6.07) is 5.47. The maximum atomic E-state index is 12.5. The average molecular weight is 261 g/mol. The molecule has 0 heterocycles.